The molecule has 2 atom stereocenters. The van der Waals surface area contributed by atoms with E-state index in [2.05, 4.69) is 28.6 Å². The van der Waals surface area contributed by atoms with E-state index in [-0.39, 0.29) is 17.7 Å². The number of aromatic nitrogens is 3. The smallest absolute Gasteiger partial charge is 0.163 e. The summed E-state index contributed by atoms with van der Waals surface area (Å²) in [5.74, 6) is 1.74. The minimum Gasteiger partial charge on any atom is -0.299 e. The van der Waals surface area contributed by atoms with Gasteiger partial charge in [0.2, 0.25) is 0 Å². The van der Waals surface area contributed by atoms with Crippen LogP contribution in [0.1, 0.15) is 65.9 Å². The van der Waals surface area contributed by atoms with Crippen molar-refractivity contribution >= 4 is 34.4 Å². The molecule has 4 rings (SSSR count). The fourth-order valence-electron chi connectivity index (χ4n) is 3.75. The van der Waals surface area contributed by atoms with Gasteiger partial charge in [-0.3, -0.25) is 14.4 Å². The summed E-state index contributed by atoms with van der Waals surface area (Å²) in [6.07, 6.45) is 1.13. The molecule has 1 aliphatic heterocycles. The number of thiophene rings is 1. The molecule has 0 radical (unpaired) electrons. The highest BCUT2D eigenvalue weighted by atomic mass is 35.5. The summed E-state index contributed by atoms with van der Waals surface area (Å²) >= 11 is 7.85. The van der Waals surface area contributed by atoms with Gasteiger partial charge >= 0.3 is 0 Å². The van der Waals surface area contributed by atoms with Crippen LogP contribution in [0.4, 0.5) is 0 Å². The molecule has 0 aliphatic carbocycles. The molecule has 0 saturated carbocycles. The summed E-state index contributed by atoms with van der Waals surface area (Å²) in [5, 5.41) is 10.5. The molecule has 0 N–H and O–H groups in total. The summed E-state index contributed by atoms with van der Waals surface area (Å²) in [7, 11) is 0. The Hall–Kier alpha value is -2.31. The van der Waals surface area contributed by atoms with Crippen molar-refractivity contribution in [2.45, 2.75) is 53.5 Å². The van der Waals surface area contributed by atoms with Gasteiger partial charge in [0.15, 0.2) is 5.82 Å². The highest BCUT2D eigenvalue weighted by Crippen LogP contribution is 2.39. The van der Waals surface area contributed by atoms with Crippen LogP contribution >= 0.6 is 22.9 Å². The molecular formula is C23H25ClN4OS. The Bertz CT molecular complexity index is 1140. The van der Waals surface area contributed by atoms with Crippen molar-refractivity contribution in [1.29, 1.82) is 0 Å². The number of fused-ring (bicyclic) bond motifs is 3. The van der Waals surface area contributed by atoms with Gasteiger partial charge in [-0.25, -0.2) is 0 Å². The summed E-state index contributed by atoms with van der Waals surface area (Å²) in [6, 6.07) is 7.36. The maximum Gasteiger partial charge on any atom is 0.163 e. The Morgan fingerprint density at radius 1 is 1.20 bits per heavy atom. The number of Topliss-reactive ketones (excluding diaryl/α,β-unsaturated/α-hetero) is 1. The number of benzene rings is 1. The lowest BCUT2D eigenvalue weighted by molar-refractivity contribution is -0.122. The lowest BCUT2D eigenvalue weighted by Gasteiger charge is -2.14. The van der Waals surface area contributed by atoms with Gasteiger partial charge in [-0.2, -0.15) is 0 Å². The maximum atomic E-state index is 12.8. The van der Waals surface area contributed by atoms with Gasteiger partial charge in [-0.15, -0.1) is 21.5 Å². The molecule has 0 spiro atoms. The van der Waals surface area contributed by atoms with E-state index in [0.717, 1.165) is 39.9 Å². The van der Waals surface area contributed by atoms with Crippen molar-refractivity contribution < 1.29 is 4.79 Å². The number of carbonyl (C=O) groups excluding carboxylic acids is 1. The molecule has 5 nitrogen and oxygen atoms in total. The van der Waals surface area contributed by atoms with Gasteiger partial charge in [-0.1, -0.05) is 37.6 Å². The Balaban J connectivity index is 1.95. The second kappa shape index (κ2) is 8.08. The van der Waals surface area contributed by atoms with Gasteiger partial charge < -0.3 is 0 Å². The van der Waals surface area contributed by atoms with Crippen molar-refractivity contribution in [2.24, 2.45) is 10.9 Å². The molecule has 2 aromatic heterocycles. The SMILES string of the molecule is CCC(C)C(=O)CC1N=C(c2ccc(Cl)cc2)c2c(sc(C)c2C)-n2c(C)nnc21. The highest BCUT2D eigenvalue weighted by molar-refractivity contribution is 7.15. The first-order valence-corrected chi connectivity index (χ1v) is 11.4. The third-order valence-corrected chi connectivity index (χ3v) is 7.36. The number of halogens is 1. The number of rotatable bonds is 5. The number of carbonyl (C=O) groups is 1. The summed E-state index contributed by atoms with van der Waals surface area (Å²) in [4.78, 5) is 19.2. The number of hydrogen-bond donors (Lipinski definition) is 0. The molecule has 30 heavy (non-hydrogen) atoms. The van der Waals surface area contributed by atoms with E-state index in [9.17, 15) is 4.79 Å². The van der Waals surface area contributed by atoms with Crippen molar-refractivity contribution in [3.63, 3.8) is 0 Å². The van der Waals surface area contributed by atoms with Crippen molar-refractivity contribution in [1.82, 2.24) is 14.8 Å². The molecule has 0 bridgehead atoms. The number of hydrogen-bond acceptors (Lipinski definition) is 5. The zero-order valence-corrected chi connectivity index (χ0v) is 19.4. The molecule has 7 heteroatoms. The van der Waals surface area contributed by atoms with Gasteiger partial charge in [-0.05, 0) is 44.9 Å². The maximum absolute atomic E-state index is 12.8. The second-order valence-electron chi connectivity index (χ2n) is 7.88. The van der Waals surface area contributed by atoms with Crippen LogP contribution in [0.25, 0.3) is 5.00 Å². The Morgan fingerprint density at radius 3 is 2.57 bits per heavy atom. The zero-order chi connectivity index (χ0) is 21.6. The van der Waals surface area contributed by atoms with E-state index >= 15 is 0 Å². The highest BCUT2D eigenvalue weighted by Gasteiger charge is 2.32. The first kappa shape index (κ1) is 20.9. The first-order valence-electron chi connectivity index (χ1n) is 10.2. The van der Waals surface area contributed by atoms with Gasteiger partial charge in [0.1, 0.15) is 22.7 Å². The average Bonchev–Trinajstić information content (AvgIpc) is 3.20. The molecule has 2 unspecified atom stereocenters. The van der Waals surface area contributed by atoms with Crippen LogP contribution in [0.15, 0.2) is 29.3 Å². The fourth-order valence-corrected chi connectivity index (χ4v) is 5.09. The third-order valence-electron chi connectivity index (χ3n) is 5.91. The molecule has 3 aromatic rings. The Kier molecular flexibility index (Phi) is 5.64. The first-order chi connectivity index (χ1) is 14.3. The van der Waals surface area contributed by atoms with Crippen molar-refractivity contribution in [3.05, 3.63) is 62.5 Å². The normalized spacial score (nSPS) is 16.5. The predicted octanol–water partition coefficient (Wildman–Crippen LogP) is 5.80. The van der Waals surface area contributed by atoms with Crippen LogP contribution in [-0.4, -0.2) is 26.3 Å². The lowest BCUT2D eigenvalue weighted by Crippen LogP contribution is -2.16. The monoisotopic (exact) mass is 440 g/mol. The number of aryl methyl sites for hydroxylation is 2. The van der Waals surface area contributed by atoms with Gasteiger partial charge in [0, 0.05) is 33.4 Å². The largest absolute Gasteiger partial charge is 0.299 e. The summed E-state index contributed by atoms with van der Waals surface area (Å²) < 4.78 is 2.08. The van der Waals surface area contributed by atoms with Crippen LogP contribution in [0.3, 0.4) is 0 Å². The van der Waals surface area contributed by atoms with Crippen LogP contribution < -0.4 is 0 Å². The van der Waals surface area contributed by atoms with Crippen LogP contribution in [0.5, 0.6) is 0 Å². The topological polar surface area (TPSA) is 60.1 Å². The second-order valence-corrected chi connectivity index (χ2v) is 9.52. The van der Waals surface area contributed by atoms with Gasteiger partial charge in [0.25, 0.3) is 0 Å². The summed E-state index contributed by atoms with van der Waals surface area (Å²) in [6.45, 7) is 10.2. The number of aliphatic imine (C=N–C) groups is 1. The quantitative estimate of drug-likeness (QED) is 0.503. The Labute approximate surface area is 185 Å². The average molecular weight is 441 g/mol. The van der Waals surface area contributed by atoms with Gasteiger partial charge in [0.05, 0.1) is 5.71 Å². The minimum absolute atomic E-state index is 0.00189. The predicted molar refractivity (Wildman–Crippen MR) is 122 cm³/mol. The summed E-state index contributed by atoms with van der Waals surface area (Å²) in [5.41, 5.74) is 4.15. The molecule has 0 amide bonds. The zero-order valence-electron chi connectivity index (χ0n) is 17.9. The fraction of sp³-hybridized carbons (Fsp3) is 0.391. The molecule has 3 heterocycles. The molecule has 156 valence electrons. The van der Waals surface area contributed by atoms with E-state index in [1.54, 1.807) is 11.3 Å². The third kappa shape index (κ3) is 3.52. The van der Waals surface area contributed by atoms with Crippen molar-refractivity contribution in [3.8, 4) is 5.00 Å². The lowest BCUT2D eigenvalue weighted by atomic mass is 9.97. The molecule has 0 fully saturated rings. The molecule has 1 aliphatic rings. The Morgan fingerprint density at radius 2 is 1.90 bits per heavy atom. The van der Waals surface area contributed by atoms with Crippen molar-refractivity contribution in [2.75, 3.05) is 0 Å². The van der Waals surface area contributed by atoms with E-state index < -0.39 is 0 Å². The molecular weight excluding hydrogens is 416 g/mol. The van der Waals surface area contributed by atoms with E-state index in [1.165, 1.54) is 10.4 Å². The minimum atomic E-state index is -0.377. The van der Waals surface area contributed by atoms with E-state index in [0.29, 0.717) is 11.4 Å². The molecule has 0 saturated heterocycles. The van der Waals surface area contributed by atoms with Crippen LogP contribution in [0.2, 0.25) is 5.02 Å². The standard InChI is InChI=1S/C23H25ClN4OS/c1-6-12(2)19(29)11-18-22-27-26-15(5)28(22)23-20(13(3)14(4)30-23)21(25-18)16-7-9-17(24)10-8-16/h7-10,12,18H,6,11H2,1-5H3. The van der Waals surface area contributed by atoms with Crippen LogP contribution in [0, 0.1) is 26.7 Å². The molecule has 1 aromatic carbocycles. The van der Waals surface area contributed by atoms with E-state index in [4.69, 9.17) is 16.6 Å². The number of ketones is 1. The van der Waals surface area contributed by atoms with E-state index in [1.807, 2.05) is 45.0 Å². The number of nitrogens with zero attached hydrogens (tertiary/aromatic N) is 4. The van der Waals surface area contributed by atoms with Crippen LogP contribution in [-0.2, 0) is 4.79 Å².